The maximum Gasteiger partial charge on any atom is 0.200 e. The van der Waals surface area contributed by atoms with Gasteiger partial charge in [0.05, 0.1) is 11.0 Å². The molecule has 0 saturated heterocycles. The van der Waals surface area contributed by atoms with Crippen LogP contribution in [0.15, 0.2) is 48.4 Å². The summed E-state index contributed by atoms with van der Waals surface area (Å²) < 4.78 is 22.8. The molecule has 1 aromatic carbocycles. The number of sulfone groups is 1. The Morgan fingerprint density at radius 3 is 2.18 bits per heavy atom. The van der Waals surface area contributed by atoms with E-state index in [1.54, 1.807) is 24.3 Å². The van der Waals surface area contributed by atoms with Gasteiger partial charge in [-0.3, -0.25) is 0 Å². The van der Waals surface area contributed by atoms with E-state index in [9.17, 15) is 8.42 Å². The summed E-state index contributed by atoms with van der Waals surface area (Å²) in [6, 6.07) is 7.98. The fourth-order valence-corrected chi connectivity index (χ4v) is 2.57. The minimum absolute atomic E-state index is 0.104. The molecule has 0 fully saturated rings. The Bertz CT molecular complexity index is 579. The van der Waals surface area contributed by atoms with Gasteiger partial charge in [0.15, 0.2) is 4.75 Å². The molecule has 4 heteroatoms. The number of hydrogen-bond donors (Lipinski definition) is 0. The van der Waals surface area contributed by atoms with Crippen molar-refractivity contribution in [2.45, 2.75) is 16.6 Å². The van der Waals surface area contributed by atoms with Crippen LogP contribution in [0.1, 0.15) is 12.5 Å². The van der Waals surface area contributed by atoms with E-state index in [0.717, 1.165) is 11.6 Å². The summed E-state index contributed by atoms with van der Waals surface area (Å²) in [6.07, 6.45) is 2.76. The molecule has 0 aliphatic heterocycles. The lowest BCUT2D eigenvalue weighted by atomic mass is 10.2. The summed E-state index contributed by atoms with van der Waals surface area (Å²) in [5.74, 6) is 0. The van der Waals surface area contributed by atoms with Crippen molar-refractivity contribution in [3.63, 3.8) is 0 Å². The van der Waals surface area contributed by atoms with Crippen molar-refractivity contribution in [1.82, 2.24) is 0 Å². The molecule has 17 heavy (non-hydrogen) atoms. The highest BCUT2D eigenvalue weighted by Gasteiger charge is 2.37. The predicted octanol–water partition coefficient (Wildman–Crippen LogP) is 2.57. The van der Waals surface area contributed by atoms with Crippen molar-refractivity contribution < 1.29 is 8.42 Å². The van der Waals surface area contributed by atoms with Gasteiger partial charge in [-0.15, -0.1) is 6.58 Å². The molecule has 0 amide bonds. The first-order valence-electron chi connectivity index (χ1n) is 4.93. The monoisotopic (exact) mass is 247 g/mol. The first-order chi connectivity index (χ1) is 7.91. The first-order valence-corrected chi connectivity index (χ1v) is 6.41. The zero-order valence-corrected chi connectivity index (χ0v) is 10.4. The van der Waals surface area contributed by atoms with Gasteiger partial charge in [0, 0.05) is 0 Å². The molecular weight excluding hydrogens is 234 g/mol. The van der Waals surface area contributed by atoms with E-state index in [2.05, 4.69) is 13.2 Å². The van der Waals surface area contributed by atoms with Crippen molar-refractivity contribution in [2.75, 3.05) is 0 Å². The van der Waals surface area contributed by atoms with E-state index in [1.165, 1.54) is 19.1 Å². The van der Waals surface area contributed by atoms with Gasteiger partial charge in [0.2, 0.25) is 9.84 Å². The highest BCUT2D eigenvalue weighted by atomic mass is 32.2. The van der Waals surface area contributed by atoms with Crippen molar-refractivity contribution >= 4 is 15.9 Å². The summed E-state index contributed by atoms with van der Waals surface area (Å²) in [7, 11) is -3.74. The number of benzene rings is 1. The van der Waals surface area contributed by atoms with Crippen LogP contribution in [-0.4, -0.2) is 13.2 Å². The Morgan fingerprint density at radius 2 is 1.82 bits per heavy atom. The van der Waals surface area contributed by atoms with Gasteiger partial charge in [-0.1, -0.05) is 30.9 Å². The molecule has 0 radical (unpaired) electrons. The molecule has 0 spiro atoms. The average Bonchev–Trinajstić information content (AvgIpc) is 2.37. The average molecular weight is 247 g/mol. The number of rotatable bonds is 4. The summed E-state index contributed by atoms with van der Waals surface area (Å²) in [5, 5.41) is 8.97. The smallest absolute Gasteiger partial charge is 0.200 e. The van der Waals surface area contributed by atoms with Crippen LogP contribution in [0.2, 0.25) is 0 Å². The van der Waals surface area contributed by atoms with Crippen LogP contribution in [0.3, 0.4) is 0 Å². The van der Waals surface area contributed by atoms with Crippen LogP contribution in [0.5, 0.6) is 0 Å². The number of nitriles is 1. The number of nitrogens with zero attached hydrogens (tertiary/aromatic N) is 1. The highest BCUT2D eigenvalue weighted by molar-refractivity contribution is 7.93. The van der Waals surface area contributed by atoms with Crippen molar-refractivity contribution in [2.24, 2.45) is 0 Å². The minimum Gasteiger partial charge on any atom is -0.222 e. The van der Waals surface area contributed by atoms with Crippen molar-refractivity contribution in [3.8, 4) is 6.07 Å². The Labute approximate surface area is 102 Å². The third-order valence-corrected chi connectivity index (χ3v) is 4.86. The van der Waals surface area contributed by atoms with Gasteiger partial charge in [-0.25, -0.2) is 8.42 Å². The van der Waals surface area contributed by atoms with E-state index >= 15 is 0 Å². The molecule has 0 N–H and O–H groups in total. The fraction of sp³-hybridized carbons (Fsp3) is 0.154. The Hall–Kier alpha value is -1.86. The second kappa shape index (κ2) is 4.56. The first kappa shape index (κ1) is 13.2. The zero-order chi connectivity index (χ0) is 13.1. The fourth-order valence-electron chi connectivity index (χ4n) is 1.24. The Kier molecular flexibility index (Phi) is 3.54. The van der Waals surface area contributed by atoms with Crippen LogP contribution in [0.4, 0.5) is 0 Å². The van der Waals surface area contributed by atoms with E-state index in [1.807, 2.05) is 0 Å². The van der Waals surface area contributed by atoms with Gasteiger partial charge in [-0.05, 0) is 24.6 Å². The molecule has 0 heterocycles. The molecule has 0 aliphatic carbocycles. The summed E-state index contributed by atoms with van der Waals surface area (Å²) in [6.45, 7) is 8.33. The molecule has 0 bridgehead atoms. The van der Waals surface area contributed by atoms with Gasteiger partial charge in [0.1, 0.15) is 0 Å². The molecule has 0 aromatic heterocycles. The van der Waals surface area contributed by atoms with Crippen LogP contribution in [0, 0.1) is 11.3 Å². The lowest BCUT2D eigenvalue weighted by molar-refractivity contribution is 0.582. The topological polar surface area (TPSA) is 57.9 Å². The molecule has 0 saturated carbocycles. The van der Waals surface area contributed by atoms with Crippen LogP contribution >= 0.6 is 0 Å². The predicted molar refractivity (Wildman–Crippen MR) is 67.9 cm³/mol. The maximum atomic E-state index is 12.2. The van der Waals surface area contributed by atoms with E-state index < -0.39 is 14.6 Å². The lowest BCUT2D eigenvalue weighted by Gasteiger charge is -2.17. The van der Waals surface area contributed by atoms with E-state index in [0.29, 0.717) is 0 Å². The quantitative estimate of drug-likeness (QED) is 0.768. The van der Waals surface area contributed by atoms with Crippen LogP contribution in [0.25, 0.3) is 6.08 Å². The minimum atomic E-state index is -3.74. The summed E-state index contributed by atoms with van der Waals surface area (Å²) in [5.41, 5.74) is 0.821. The molecule has 88 valence electrons. The summed E-state index contributed by atoms with van der Waals surface area (Å²) >= 11 is 0. The van der Waals surface area contributed by atoms with Gasteiger partial charge in [0.25, 0.3) is 0 Å². The standard InChI is InChI=1S/C13H13NO2S/c1-4-11-6-8-12(9-7-11)17(15,16)13(3,5-2)10-14/h4-9H,1-2H2,3H3. The molecule has 0 aliphatic rings. The normalized spacial score (nSPS) is 14.4. The zero-order valence-electron chi connectivity index (χ0n) is 9.55. The molecule has 1 unspecified atom stereocenters. The Morgan fingerprint density at radius 1 is 1.29 bits per heavy atom. The second-order valence-electron chi connectivity index (χ2n) is 3.70. The lowest BCUT2D eigenvalue weighted by Crippen LogP contribution is -2.31. The molecular formula is C13H13NO2S. The van der Waals surface area contributed by atoms with Gasteiger partial charge >= 0.3 is 0 Å². The Balaban J connectivity index is 3.37. The SMILES string of the molecule is C=Cc1ccc(S(=O)(=O)C(C)(C#N)C=C)cc1. The molecule has 1 rings (SSSR count). The third kappa shape index (κ3) is 2.15. The van der Waals surface area contributed by atoms with Gasteiger partial charge < -0.3 is 0 Å². The molecule has 3 nitrogen and oxygen atoms in total. The molecule has 1 atom stereocenters. The number of hydrogen-bond acceptors (Lipinski definition) is 3. The largest absolute Gasteiger partial charge is 0.222 e. The maximum absolute atomic E-state index is 12.2. The second-order valence-corrected chi connectivity index (χ2v) is 6.03. The van der Waals surface area contributed by atoms with E-state index in [-0.39, 0.29) is 4.90 Å². The van der Waals surface area contributed by atoms with Gasteiger partial charge in [-0.2, -0.15) is 5.26 Å². The van der Waals surface area contributed by atoms with Crippen molar-refractivity contribution in [3.05, 3.63) is 49.1 Å². The third-order valence-electron chi connectivity index (χ3n) is 2.60. The van der Waals surface area contributed by atoms with Crippen LogP contribution < -0.4 is 0 Å². The summed E-state index contributed by atoms with van der Waals surface area (Å²) in [4.78, 5) is 0.104. The van der Waals surface area contributed by atoms with Crippen molar-refractivity contribution in [1.29, 1.82) is 5.26 Å². The van der Waals surface area contributed by atoms with E-state index in [4.69, 9.17) is 5.26 Å². The highest BCUT2D eigenvalue weighted by Crippen LogP contribution is 2.26. The molecule has 1 aromatic rings. The van der Waals surface area contributed by atoms with Crippen LogP contribution in [-0.2, 0) is 9.84 Å².